The van der Waals surface area contributed by atoms with Crippen LogP contribution in [0.5, 0.6) is 0 Å². The Morgan fingerprint density at radius 1 is 1.00 bits per heavy atom. The lowest BCUT2D eigenvalue weighted by Gasteiger charge is -2.29. The van der Waals surface area contributed by atoms with Crippen molar-refractivity contribution in [2.75, 3.05) is 34.1 Å². The molecule has 3 rings (SSSR count). The Kier molecular flexibility index (Phi) is 5.67. The molecule has 1 N–H and O–H groups in total. The van der Waals surface area contributed by atoms with Gasteiger partial charge >= 0.3 is 0 Å². The number of nitrogens with one attached hydrogen (secondary N) is 1. The first-order valence-electron chi connectivity index (χ1n) is 9.01. The first kappa shape index (κ1) is 20.6. The number of nitrogens with zero attached hydrogens (tertiary/aromatic N) is 2. The van der Waals surface area contributed by atoms with Gasteiger partial charge in [0.05, 0.1) is 23.4 Å². The van der Waals surface area contributed by atoms with Gasteiger partial charge in [0.2, 0.25) is 31.9 Å². The van der Waals surface area contributed by atoms with Crippen LogP contribution in [0.4, 0.5) is 11.4 Å². The van der Waals surface area contributed by atoms with Crippen LogP contribution in [-0.2, 0) is 36.1 Å². The zero-order valence-corrected chi connectivity index (χ0v) is 17.2. The summed E-state index contributed by atoms with van der Waals surface area (Å²) >= 11 is 0. The summed E-state index contributed by atoms with van der Waals surface area (Å²) in [4.78, 5) is 24.6. The number of aryl methyl sites for hydroxylation is 1. The Hall–Kier alpha value is -2.14. The second-order valence-corrected chi connectivity index (χ2v) is 10.7. The number of anilines is 2. The van der Waals surface area contributed by atoms with Crippen molar-refractivity contribution in [1.29, 1.82) is 0 Å². The minimum absolute atomic E-state index is 0.201. The van der Waals surface area contributed by atoms with E-state index in [0.29, 0.717) is 31.5 Å². The fraction of sp³-hybridized carbons (Fsp3) is 0.529. The average Bonchev–Trinajstić information content (AvgIpc) is 2.59. The summed E-state index contributed by atoms with van der Waals surface area (Å²) in [6, 6.07) is 4.80. The predicted molar refractivity (Wildman–Crippen MR) is 105 cm³/mol. The highest BCUT2D eigenvalue weighted by molar-refractivity contribution is 7.92. The topological polar surface area (TPSA) is 121 Å². The molecule has 154 valence electrons. The number of likely N-dealkylation sites (tertiary alicyclic amines) is 1. The third-order valence-electron chi connectivity index (χ3n) is 4.80. The number of fused-ring (bicyclic) bond motifs is 1. The second-order valence-electron chi connectivity index (χ2n) is 7.00. The van der Waals surface area contributed by atoms with E-state index >= 15 is 0 Å². The number of sulfonamides is 2. The zero-order valence-electron chi connectivity index (χ0n) is 15.5. The maximum Gasteiger partial charge on any atom is 0.234 e. The van der Waals surface area contributed by atoms with Crippen LogP contribution in [0.3, 0.4) is 0 Å². The van der Waals surface area contributed by atoms with Gasteiger partial charge in [0.25, 0.3) is 0 Å². The van der Waals surface area contributed by atoms with E-state index in [-0.39, 0.29) is 36.9 Å². The lowest BCUT2D eigenvalue weighted by molar-refractivity contribution is -0.147. The van der Waals surface area contributed by atoms with Crippen LogP contribution < -0.4 is 9.03 Å². The molecule has 0 saturated carbocycles. The molecular formula is C17H23N3O6S2. The number of benzene rings is 1. The Labute approximate surface area is 164 Å². The van der Waals surface area contributed by atoms with E-state index in [9.17, 15) is 26.4 Å². The molecule has 0 atom stereocenters. The molecule has 2 heterocycles. The van der Waals surface area contributed by atoms with Gasteiger partial charge in [-0.05, 0) is 37.0 Å². The van der Waals surface area contributed by atoms with Crippen molar-refractivity contribution in [3.63, 3.8) is 0 Å². The molecule has 0 radical (unpaired) electrons. The van der Waals surface area contributed by atoms with Gasteiger partial charge in [-0.3, -0.25) is 23.5 Å². The van der Waals surface area contributed by atoms with Gasteiger partial charge < -0.3 is 0 Å². The van der Waals surface area contributed by atoms with Crippen LogP contribution in [0.1, 0.15) is 31.2 Å². The minimum Gasteiger partial charge on any atom is -0.283 e. The van der Waals surface area contributed by atoms with Crippen molar-refractivity contribution >= 4 is 43.2 Å². The summed E-state index contributed by atoms with van der Waals surface area (Å²) in [5.74, 6) is -1.13. The SMILES string of the molecule is CS(=O)(=O)N1CCCc2ccc(NS(=O)(=O)CCN3C(=O)CCCC3=O)cc21. The number of imide groups is 1. The van der Waals surface area contributed by atoms with E-state index < -0.39 is 25.8 Å². The monoisotopic (exact) mass is 429 g/mol. The van der Waals surface area contributed by atoms with Crippen LogP contribution in [0, 0.1) is 0 Å². The van der Waals surface area contributed by atoms with Crippen LogP contribution >= 0.6 is 0 Å². The number of rotatable bonds is 6. The minimum atomic E-state index is -3.82. The van der Waals surface area contributed by atoms with Crippen molar-refractivity contribution in [3.05, 3.63) is 23.8 Å². The first-order valence-corrected chi connectivity index (χ1v) is 12.5. The molecule has 2 amide bonds. The lowest BCUT2D eigenvalue weighted by atomic mass is 10.0. The van der Waals surface area contributed by atoms with Crippen LogP contribution in [0.25, 0.3) is 0 Å². The van der Waals surface area contributed by atoms with E-state index in [0.717, 1.165) is 16.7 Å². The number of hydrogen-bond donors (Lipinski definition) is 1. The van der Waals surface area contributed by atoms with Crippen molar-refractivity contribution in [3.8, 4) is 0 Å². The van der Waals surface area contributed by atoms with Crippen molar-refractivity contribution in [1.82, 2.24) is 4.90 Å². The lowest BCUT2D eigenvalue weighted by Crippen LogP contribution is -2.43. The van der Waals surface area contributed by atoms with Gasteiger partial charge in [-0.1, -0.05) is 6.07 Å². The molecular weight excluding hydrogens is 406 g/mol. The molecule has 1 aromatic rings. The molecule has 2 aliphatic rings. The summed E-state index contributed by atoms with van der Waals surface area (Å²) in [7, 11) is -7.29. The standard InChI is InChI=1S/C17H23N3O6S2/c1-27(23,24)20-9-3-4-13-7-8-14(12-15(13)20)18-28(25,26)11-10-19-16(21)5-2-6-17(19)22/h7-8,12,18H,2-6,9-11H2,1H3. The highest BCUT2D eigenvalue weighted by atomic mass is 32.2. The zero-order chi connectivity index (χ0) is 20.5. The highest BCUT2D eigenvalue weighted by Gasteiger charge is 2.28. The van der Waals surface area contributed by atoms with Gasteiger partial charge in [-0.15, -0.1) is 0 Å². The molecule has 2 aliphatic heterocycles. The molecule has 1 saturated heterocycles. The van der Waals surface area contributed by atoms with Gasteiger partial charge in [0, 0.05) is 25.9 Å². The quantitative estimate of drug-likeness (QED) is 0.664. The molecule has 1 fully saturated rings. The normalized spacial score (nSPS) is 18.2. The molecule has 0 bridgehead atoms. The van der Waals surface area contributed by atoms with Gasteiger partial charge in [-0.25, -0.2) is 16.8 Å². The Morgan fingerprint density at radius 3 is 2.32 bits per heavy atom. The van der Waals surface area contributed by atoms with Crippen LogP contribution in [-0.4, -0.2) is 58.6 Å². The number of piperidine rings is 1. The molecule has 0 spiro atoms. The Bertz CT molecular complexity index is 988. The van der Waals surface area contributed by atoms with E-state index in [1.54, 1.807) is 12.1 Å². The summed E-state index contributed by atoms with van der Waals surface area (Å²) in [5, 5.41) is 0. The van der Waals surface area contributed by atoms with E-state index in [1.165, 1.54) is 10.4 Å². The van der Waals surface area contributed by atoms with Gasteiger partial charge in [0.1, 0.15) is 0 Å². The second kappa shape index (κ2) is 7.70. The third kappa shape index (κ3) is 4.64. The summed E-state index contributed by atoms with van der Waals surface area (Å²) in [6.07, 6.45) is 3.50. The molecule has 1 aromatic carbocycles. The van der Waals surface area contributed by atoms with E-state index in [1.807, 2.05) is 0 Å². The van der Waals surface area contributed by atoms with Crippen LogP contribution in [0.15, 0.2) is 18.2 Å². The molecule has 11 heteroatoms. The molecule has 28 heavy (non-hydrogen) atoms. The van der Waals surface area contributed by atoms with Gasteiger partial charge in [0.15, 0.2) is 0 Å². The Morgan fingerprint density at radius 2 is 1.68 bits per heavy atom. The Balaban J connectivity index is 1.74. The van der Waals surface area contributed by atoms with E-state index in [4.69, 9.17) is 0 Å². The van der Waals surface area contributed by atoms with E-state index in [2.05, 4.69) is 4.72 Å². The molecule has 0 unspecified atom stereocenters. The number of amides is 2. The molecule has 0 aromatic heterocycles. The summed E-state index contributed by atoms with van der Waals surface area (Å²) < 4.78 is 52.5. The number of hydrogen-bond acceptors (Lipinski definition) is 6. The molecule has 9 nitrogen and oxygen atoms in total. The average molecular weight is 430 g/mol. The fourth-order valence-corrected chi connectivity index (χ4v) is 5.44. The molecule has 0 aliphatic carbocycles. The summed E-state index contributed by atoms with van der Waals surface area (Å²) in [6.45, 7) is 0.147. The van der Waals surface area contributed by atoms with Crippen LogP contribution in [0.2, 0.25) is 0 Å². The third-order valence-corrected chi connectivity index (χ3v) is 7.25. The number of carbonyl (C=O) groups excluding carboxylic acids is 2. The van der Waals surface area contributed by atoms with Gasteiger partial charge in [-0.2, -0.15) is 0 Å². The van der Waals surface area contributed by atoms with Crippen molar-refractivity contribution in [2.24, 2.45) is 0 Å². The smallest absolute Gasteiger partial charge is 0.234 e. The maximum absolute atomic E-state index is 12.4. The fourth-order valence-electron chi connectivity index (χ4n) is 3.44. The first-order chi connectivity index (χ1) is 13.1. The van der Waals surface area contributed by atoms with Crippen molar-refractivity contribution < 1.29 is 26.4 Å². The predicted octanol–water partition coefficient (Wildman–Crippen LogP) is 0.680. The highest BCUT2D eigenvalue weighted by Crippen LogP contribution is 2.32. The largest absolute Gasteiger partial charge is 0.283 e. The maximum atomic E-state index is 12.4. The summed E-state index contributed by atoms with van der Waals surface area (Å²) in [5.41, 5.74) is 1.55. The number of carbonyl (C=O) groups is 2. The van der Waals surface area contributed by atoms with Crippen molar-refractivity contribution in [2.45, 2.75) is 32.1 Å².